The minimum Gasteiger partial charge on any atom is -0.493 e. The lowest BCUT2D eigenvalue weighted by Crippen LogP contribution is -2.38. The van der Waals surface area contributed by atoms with Crippen molar-refractivity contribution in [2.24, 2.45) is 0 Å². The van der Waals surface area contributed by atoms with Crippen molar-refractivity contribution in [1.29, 1.82) is 0 Å². The Labute approximate surface area is 136 Å². The Bertz CT molecular complexity index is 569. The van der Waals surface area contributed by atoms with E-state index in [1.165, 1.54) is 0 Å². The molecular formula is C14H16BrClN2O3. The van der Waals surface area contributed by atoms with Gasteiger partial charge in [-0.15, -0.1) is 0 Å². The number of rotatable bonds is 2. The first-order chi connectivity index (χ1) is 10.0. The molecule has 0 aliphatic carbocycles. The number of benzene rings is 1. The zero-order valence-corrected chi connectivity index (χ0v) is 13.7. The van der Waals surface area contributed by atoms with Gasteiger partial charge in [-0.3, -0.25) is 4.90 Å². The second-order valence-electron chi connectivity index (χ2n) is 5.38. The molecule has 0 saturated carbocycles. The van der Waals surface area contributed by atoms with E-state index in [0.29, 0.717) is 11.6 Å². The van der Waals surface area contributed by atoms with E-state index < -0.39 is 6.09 Å². The molecule has 1 amide bonds. The van der Waals surface area contributed by atoms with Crippen LogP contribution in [-0.2, 0) is 0 Å². The monoisotopic (exact) mass is 374 g/mol. The van der Waals surface area contributed by atoms with Crippen LogP contribution in [0.25, 0.3) is 0 Å². The first-order valence-electron chi connectivity index (χ1n) is 6.90. The third kappa shape index (κ3) is 3.12. The van der Waals surface area contributed by atoms with Gasteiger partial charge in [0.25, 0.3) is 0 Å². The van der Waals surface area contributed by atoms with Crippen LogP contribution in [0.4, 0.5) is 4.79 Å². The van der Waals surface area contributed by atoms with E-state index in [1.807, 2.05) is 12.1 Å². The molecule has 1 aromatic rings. The highest BCUT2D eigenvalue weighted by Crippen LogP contribution is 2.43. The predicted octanol–water partition coefficient (Wildman–Crippen LogP) is 3.27. The van der Waals surface area contributed by atoms with Crippen LogP contribution in [0.15, 0.2) is 16.6 Å². The van der Waals surface area contributed by atoms with E-state index in [0.717, 1.165) is 41.7 Å². The summed E-state index contributed by atoms with van der Waals surface area (Å²) >= 11 is 9.65. The number of hydrogen-bond acceptors (Lipinski definition) is 3. The number of nitrogens with one attached hydrogen (secondary N) is 1. The summed E-state index contributed by atoms with van der Waals surface area (Å²) in [5.74, 6) is 0.820. The van der Waals surface area contributed by atoms with E-state index >= 15 is 0 Å². The number of halogens is 2. The maximum atomic E-state index is 10.8. The molecule has 0 bridgehead atoms. The fraction of sp³-hybridized carbons (Fsp3) is 0.500. The lowest BCUT2D eigenvalue weighted by atomic mass is 9.99. The van der Waals surface area contributed by atoms with Crippen LogP contribution in [0.3, 0.4) is 0 Å². The molecule has 1 unspecified atom stereocenters. The molecule has 2 aliphatic rings. The Morgan fingerprint density at radius 1 is 1.48 bits per heavy atom. The second-order valence-corrected chi connectivity index (χ2v) is 6.67. The molecule has 2 atom stereocenters. The van der Waals surface area contributed by atoms with E-state index in [1.54, 1.807) is 0 Å². The summed E-state index contributed by atoms with van der Waals surface area (Å²) < 4.78 is 6.66. The Kier molecular flexibility index (Phi) is 4.28. The molecule has 7 heteroatoms. The number of amides is 1. The van der Waals surface area contributed by atoms with Crippen LogP contribution < -0.4 is 10.1 Å². The predicted molar refractivity (Wildman–Crippen MR) is 83.1 cm³/mol. The van der Waals surface area contributed by atoms with Crippen molar-refractivity contribution in [2.75, 3.05) is 19.7 Å². The third-order valence-corrected chi connectivity index (χ3v) is 4.90. The molecule has 114 valence electrons. The molecule has 0 radical (unpaired) electrons. The lowest BCUT2D eigenvalue weighted by Gasteiger charge is -2.34. The summed E-state index contributed by atoms with van der Waals surface area (Å²) in [6.45, 7) is 2.26. The van der Waals surface area contributed by atoms with E-state index in [9.17, 15) is 4.79 Å². The molecule has 0 spiro atoms. The Morgan fingerprint density at radius 2 is 2.29 bits per heavy atom. The van der Waals surface area contributed by atoms with Crippen molar-refractivity contribution in [3.63, 3.8) is 0 Å². The van der Waals surface area contributed by atoms with Gasteiger partial charge in [0, 0.05) is 46.7 Å². The van der Waals surface area contributed by atoms with Crippen molar-refractivity contribution in [2.45, 2.75) is 24.9 Å². The highest BCUT2D eigenvalue weighted by Gasteiger charge is 2.34. The zero-order valence-electron chi connectivity index (χ0n) is 11.3. The zero-order chi connectivity index (χ0) is 15.0. The topological polar surface area (TPSA) is 61.8 Å². The third-order valence-electron chi connectivity index (χ3n) is 4.03. The molecule has 1 saturated heterocycles. The van der Waals surface area contributed by atoms with Crippen LogP contribution in [-0.4, -0.2) is 41.8 Å². The molecule has 2 N–H and O–H groups in total. The van der Waals surface area contributed by atoms with Crippen LogP contribution in [0.1, 0.15) is 24.4 Å². The molecule has 2 heterocycles. The Balaban J connectivity index is 1.81. The maximum absolute atomic E-state index is 10.8. The Hall–Kier alpha value is -0.980. The first kappa shape index (κ1) is 14.9. The van der Waals surface area contributed by atoms with E-state index in [4.69, 9.17) is 21.4 Å². The summed E-state index contributed by atoms with van der Waals surface area (Å²) in [5.41, 5.74) is 1.11. The number of carboxylic acid groups (broad SMARTS) is 1. The molecule has 21 heavy (non-hydrogen) atoms. The van der Waals surface area contributed by atoms with Crippen LogP contribution >= 0.6 is 27.5 Å². The van der Waals surface area contributed by atoms with Crippen molar-refractivity contribution in [3.05, 3.63) is 27.2 Å². The van der Waals surface area contributed by atoms with Gasteiger partial charge < -0.3 is 15.2 Å². The van der Waals surface area contributed by atoms with Crippen molar-refractivity contribution in [1.82, 2.24) is 10.2 Å². The number of hydrogen-bond donors (Lipinski definition) is 2. The molecule has 5 nitrogen and oxygen atoms in total. The molecule has 1 aromatic carbocycles. The number of carbonyl (C=O) groups is 1. The molecule has 0 aromatic heterocycles. The fourth-order valence-electron chi connectivity index (χ4n) is 3.16. The van der Waals surface area contributed by atoms with Gasteiger partial charge in [-0.05, 0) is 18.6 Å². The number of fused-ring (bicyclic) bond motifs is 1. The van der Waals surface area contributed by atoms with Gasteiger partial charge in [0.2, 0.25) is 0 Å². The quantitative estimate of drug-likeness (QED) is 0.833. The van der Waals surface area contributed by atoms with Gasteiger partial charge in [-0.1, -0.05) is 27.5 Å². The van der Waals surface area contributed by atoms with Gasteiger partial charge >= 0.3 is 6.09 Å². The normalized spacial score (nSPS) is 25.2. The van der Waals surface area contributed by atoms with E-state index in [-0.39, 0.29) is 12.1 Å². The second kappa shape index (κ2) is 6.02. The van der Waals surface area contributed by atoms with Crippen LogP contribution in [0.5, 0.6) is 5.75 Å². The maximum Gasteiger partial charge on any atom is 0.404 e. The average Bonchev–Trinajstić information content (AvgIpc) is 2.85. The number of ether oxygens (including phenoxy) is 1. The summed E-state index contributed by atoms with van der Waals surface area (Å²) in [6.07, 6.45) is 0.777. The summed E-state index contributed by atoms with van der Waals surface area (Å²) in [7, 11) is 0. The highest BCUT2D eigenvalue weighted by atomic mass is 79.9. The van der Waals surface area contributed by atoms with Gasteiger partial charge in [0.15, 0.2) is 0 Å². The molecule has 2 aliphatic heterocycles. The van der Waals surface area contributed by atoms with Crippen molar-refractivity contribution in [3.8, 4) is 5.75 Å². The minimum absolute atomic E-state index is 0.000120. The van der Waals surface area contributed by atoms with Crippen molar-refractivity contribution < 1.29 is 14.6 Å². The smallest absolute Gasteiger partial charge is 0.404 e. The average molecular weight is 376 g/mol. The highest BCUT2D eigenvalue weighted by molar-refractivity contribution is 9.10. The van der Waals surface area contributed by atoms with Gasteiger partial charge in [-0.2, -0.15) is 0 Å². The molecular weight excluding hydrogens is 360 g/mol. The summed E-state index contributed by atoms with van der Waals surface area (Å²) in [4.78, 5) is 13.1. The summed E-state index contributed by atoms with van der Waals surface area (Å²) in [5, 5.41) is 12.0. The Morgan fingerprint density at radius 3 is 3.05 bits per heavy atom. The van der Waals surface area contributed by atoms with Gasteiger partial charge in [0.05, 0.1) is 6.61 Å². The largest absolute Gasteiger partial charge is 0.493 e. The van der Waals surface area contributed by atoms with E-state index in [2.05, 4.69) is 26.1 Å². The molecule has 3 rings (SSSR count). The minimum atomic E-state index is -0.956. The number of likely N-dealkylation sites (tertiary alicyclic amines) is 1. The van der Waals surface area contributed by atoms with Crippen LogP contribution in [0, 0.1) is 0 Å². The van der Waals surface area contributed by atoms with Crippen molar-refractivity contribution >= 4 is 33.6 Å². The molecule has 1 fully saturated rings. The fourth-order valence-corrected chi connectivity index (χ4v) is 4.20. The standard InChI is InChI=1S/C14H16BrClN2O3/c15-10-5-8(16)6-12-13(10)11(2-4-21-12)18-3-1-9(7-18)17-14(19)20/h5-6,9,11,17H,1-4,7H2,(H,19,20)/t9?,11-/m1/s1. The van der Waals surface area contributed by atoms with Gasteiger partial charge in [0.1, 0.15) is 5.75 Å². The summed E-state index contributed by atoms with van der Waals surface area (Å²) in [6, 6.07) is 3.96. The van der Waals surface area contributed by atoms with Crippen LogP contribution in [0.2, 0.25) is 5.02 Å². The number of nitrogens with zero attached hydrogens (tertiary/aromatic N) is 1. The SMILES string of the molecule is O=C(O)NC1CCN([C@@H]2CCOc3cc(Cl)cc(Br)c32)C1. The first-order valence-corrected chi connectivity index (χ1v) is 8.07. The lowest BCUT2D eigenvalue weighted by molar-refractivity contribution is 0.159. The van der Waals surface area contributed by atoms with Gasteiger partial charge in [-0.25, -0.2) is 4.79 Å².